The lowest BCUT2D eigenvalue weighted by molar-refractivity contribution is 0.197. The van der Waals surface area contributed by atoms with Crippen LogP contribution in [0.1, 0.15) is 18.2 Å². The van der Waals surface area contributed by atoms with Crippen molar-refractivity contribution in [3.63, 3.8) is 0 Å². The van der Waals surface area contributed by atoms with E-state index < -0.39 is 0 Å². The molecule has 0 amide bonds. The maximum Gasteiger partial charge on any atom is 0.191 e. The smallest absolute Gasteiger partial charge is 0.191 e. The van der Waals surface area contributed by atoms with Gasteiger partial charge in [-0.25, -0.2) is 0 Å². The number of guanidine groups is 1. The molecule has 0 aromatic carbocycles. The van der Waals surface area contributed by atoms with Crippen LogP contribution in [-0.4, -0.2) is 39.3 Å². The first-order valence-electron chi connectivity index (χ1n) is 6.51. The van der Waals surface area contributed by atoms with Crippen molar-refractivity contribution in [2.24, 2.45) is 4.99 Å². The molecule has 0 atom stereocenters. The van der Waals surface area contributed by atoms with Gasteiger partial charge >= 0.3 is 0 Å². The molecule has 0 aliphatic carbocycles. The third-order valence-electron chi connectivity index (χ3n) is 2.41. The number of nitrogens with one attached hydrogen (secondary N) is 2. The Morgan fingerprint density at radius 2 is 2.20 bits per heavy atom. The second kappa shape index (κ2) is 13.1. The predicted octanol–water partition coefficient (Wildman–Crippen LogP) is 3.10. The molecule has 116 valence electrons. The van der Waals surface area contributed by atoms with Crippen molar-refractivity contribution in [1.82, 2.24) is 10.6 Å². The average Bonchev–Trinajstić information content (AvgIpc) is 2.80. The lowest BCUT2D eigenvalue weighted by Gasteiger charge is -2.10. The van der Waals surface area contributed by atoms with E-state index in [4.69, 9.17) is 4.74 Å². The summed E-state index contributed by atoms with van der Waals surface area (Å²) in [4.78, 5) is 5.91. The van der Waals surface area contributed by atoms with Gasteiger partial charge in [-0.1, -0.05) is 0 Å². The van der Waals surface area contributed by atoms with Crippen molar-refractivity contribution >= 4 is 63.9 Å². The van der Waals surface area contributed by atoms with Crippen LogP contribution in [0.5, 0.6) is 0 Å². The first-order valence-corrected chi connectivity index (χ1v) is 8.41. The van der Waals surface area contributed by atoms with Crippen LogP contribution >= 0.6 is 57.9 Å². The number of aliphatic imine (C=N–C) groups is 1. The van der Waals surface area contributed by atoms with Gasteiger partial charge in [0, 0.05) is 38.2 Å². The van der Waals surface area contributed by atoms with Crippen LogP contribution in [0.15, 0.2) is 17.1 Å². The molecule has 0 spiro atoms. The SMILES string of the molecule is CCNC(=NCCCOC)NCCc1ccc(I)s1.I. The zero-order chi connectivity index (χ0) is 13.9. The van der Waals surface area contributed by atoms with E-state index in [-0.39, 0.29) is 24.0 Å². The molecule has 20 heavy (non-hydrogen) atoms. The summed E-state index contributed by atoms with van der Waals surface area (Å²) >= 11 is 4.20. The number of ether oxygens (including phenoxy) is 1. The molecular formula is C13H23I2N3OS. The van der Waals surface area contributed by atoms with Gasteiger partial charge in [0.15, 0.2) is 5.96 Å². The molecule has 0 unspecified atom stereocenters. The molecule has 0 radical (unpaired) electrons. The summed E-state index contributed by atoms with van der Waals surface area (Å²) in [5.41, 5.74) is 0. The largest absolute Gasteiger partial charge is 0.385 e. The predicted molar refractivity (Wildman–Crippen MR) is 107 cm³/mol. The summed E-state index contributed by atoms with van der Waals surface area (Å²) in [7, 11) is 1.72. The fourth-order valence-electron chi connectivity index (χ4n) is 1.53. The van der Waals surface area contributed by atoms with Gasteiger partial charge in [-0.05, 0) is 54.5 Å². The van der Waals surface area contributed by atoms with Crippen molar-refractivity contribution < 1.29 is 4.74 Å². The summed E-state index contributed by atoms with van der Waals surface area (Å²) in [5.74, 6) is 0.893. The van der Waals surface area contributed by atoms with E-state index in [1.165, 1.54) is 7.76 Å². The number of halogens is 2. The Morgan fingerprint density at radius 1 is 1.40 bits per heavy atom. The van der Waals surface area contributed by atoms with E-state index in [1.54, 1.807) is 7.11 Å². The van der Waals surface area contributed by atoms with Gasteiger partial charge in [0.25, 0.3) is 0 Å². The van der Waals surface area contributed by atoms with Crippen LogP contribution in [0.2, 0.25) is 0 Å². The topological polar surface area (TPSA) is 45.7 Å². The maximum absolute atomic E-state index is 5.02. The quantitative estimate of drug-likeness (QED) is 0.239. The second-order valence-electron chi connectivity index (χ2n) is 3.99. The molecule has 1 heterocycles. The fraction of sp³-hybridized carbons (Fsp3) is 0.615. The van der Waals surface area contributed by atoms with Gasteiger partial charge < -0.3 is 15.4 Å². The summed E-state index contributed by atoms with van der Waals surface area (Å²) in [6, 6.07) is 4.35. The highest BCUT2D eigenvalue weighted by molar-refractivity contribution is 14.1. The lowest BCUT2D eigenvalue weighted by atomic mass is 10.3. The second-order valence-corrected chi connectivity index (χ2v) is 7.05. The van der Waals surface area contributed by atoms with Gasteiger partial charge in [0.1, 0.15) is 0 Å². The summed E-state index contributed by atoms with van der Waals surface area (Å²) in [6.45, 7) is 5.42. The Labute approximate surface area is 156 Å². The first kappa shape index (κ1) is 20.4. The third kappa shape index (κ3) is 9.35. The zero-order valence-electron chi connectivity index (χ0n) is 11.9. The molecule has 0 saturated heterocycles. The van der Waals surface area contributed by atoms with Crippen LogP contribution in [-0.2, 0) is 11.2 Å². The van der Waals surface area contributed by atoms with Crippen molar-refractivity contribution in [1.29, 1.82) is 0 Å². The fourth-order valence-corrected chi connectivity index (χ4v) is 3.29. The molecule has 2 N–H and O–H groups in total. The van der Waals surface area contributed by atoms with Crippen LogP contribution in [0.25, 0.3) is 0 Å². The number of rotatable bonds is 8. The van der Waals surface area contributed by atoms with Gasteiger partial charge in [-0.15, -0.1) is 35.3 Å². The first-order chi connectivity index (χ1) is 9.26. The zero-order valence-corrected chi connectivity index (χ0v) is 17.3. The van der Waals surface area contributed by atoms with Crippen molar-refractivity contribution in [3.8, 4) is 0 Å². The molecule has 0 aliphatic rings. The van der Waals surface area contributed by atoms with Gasteiger partial charge in [0.05, 0.1) is 2.88 Å². The normalized spacial score (nSPS) is 11.1. The Morgan fingerprint density at radius 3 is 2.80 bits per heavy atom. The van der Waals surface area contributed by atoms with E-state index in [1.807, 2.05) is 11.3 Å². The molecule has 1 aromatic rings. The van der Waals surface area contributed by atoms with E-state index >= 15 is 0 Å². The van der Waals surface area contributed by atoms with Crippen molar-refractivity contribution in [3.05, 3.63) is 19.9 Å². The van der Waals surface area contributed by atoms with Crippen LogP contribution in [0.3, 0.4) is 0 Å². The van der Waals surface area contributed by atoms with E-state index in [0.717, 1.165) is 45.0 Å². The number of hydrogen-bond acceptors (Lipinski definition) is 3. The maximum atomic E-state index is 5.02. The van der Waals surface area contributed by atoms with Crippen LogP contribution in [0.4, 0.5) is 0 Å². The highest BCUT2D eigenvalue weighted by Gasteiger charge is 1.99. The summed E-state index contributed by atoms with van der Waals surface area (Å²) in [6.07, 6.45) is 1.99. The van der Waals surface area contributed by atoms with Crippen LogP contribution < -0.4 is 10.6 Å². The molecular weight excluding hydrogens is 500 g/mol. The van der Waals surface area contributed by atoms with E-state index in [9.17, 15) is 0 Å². The molecule has 0 fully saturated rings. The lowest BCUT2D eigenvalue weighted by Crippen LogP contribution is -2.38. The Bertz CT molecular complexity index is 385. The average molecular weight is 523 g/mol. The molecule has 1 rings (SSSR count). The van der Waals surface area contributed by atoms with Gasteiger partial charge in [-0.3, -0.25) is 4.99 Å². The molecule has 0 bridgehead atoms. The van der Waals surface area contributed by atoms with Crippen molar-refractivity contribution in [2.45, 2.75) is 19.8 Å². The number of nitrogens with zero attached hydrogens (tertiary/aromatic N) is 1. The molecule has 4 nitrogen and oxygen atoms in total. The third-order valence-corrected chi connectivity index (χ3v) is 4.37. The minimum absolute atomic E-state index is 0. The minimum Gasteiger partial charge on any atom is -0.385 e. The Hall–Kier alpha value is 0.390. The monoisotopic (exact) mass is 523 g/mol. The summed E-state index contributed by atoms with van der Waals surface area (Å²) < 4.78 is 6.36. The van der Waals surface area contributed by atoms with E-state index in [2.05, 4.69) is 57.3 Å². The number of hydrogen-bond donors (Lipinski definition) is 2. The summed E-state index contributed by atoms with van der Waals surface area (Å²) in [5, 5.41) is 6.61. The Kier molecular flexibility index (Phi) is 13.3. The van der Waals surface area contributed by atoms with E-state index in [0.29, 0.717) is 0 Å². The standard InChI is InChI=1S/C13H22IN3OS.HI/c1-3-15-13(16-8-4-10-18-2)17-9-7-11-5-6-12(14)19-11;/h5-6H,3-4,7-10H2,1-2H3,(H2,15,16,17);1H. The van der Waals surface area contributed by atoms with Gasteiger partial charge in [0.2, 0.25) is 0 Å². The Balaban J connectivity index is 0.00000361. The molecule has 1 aromatic heterocycles. The molecule has 0 aliphatic heterocycles. The molecule has 0 saturated carbocycles. The highest BCUT2D eigenvalue weighted by atomic mass is 127. The molecule has 7 heteroatoms. The number of thiophene rings is 1. The van der Waals surface area contributed by atoms with Crippen molar-refractivity contribution in [2.75, 3.05) is 33.4 Å². The number of methoxy groups -OCH3 is 1. The minimum atomic E-state index is 0. The van der Waals surface area contributed by atoms with Gasteiger partial charge in [-0.2, -0.15) is 0 Å². The van der Waals surface area contributed by atoms with Crippen LogP contribution in [0, 0.1) is 2.88 Å². The highest BCUT2D eigenvalue weighted by Crippen LogP contribution is 2.18.